The lowest BCUT2D eigenvalue weighted by Gasteiger charge is -2.13. The molecule has 1 amide bonds. The van der Waals surface area contributed by atoms with Gasteiger partial charge in [0.1, 0.15) is 0 Å². The van der Waals surface area contributed by atoms with E-state index in [0.29, 0.717) is 20.6 Å². The minimum Gasteiger partial charge on any atom is -0.399 e. The van der Waals surface area contributed by atoms with Crippen LogP contribution in [0.4, 0.5) is 5.69 Å². The monoisotopic (exact) mass is 314 g/mol. The minimum atomic E-state index is -0.255. The Bertz CT molecular complexity index is 612. The number of anilines is 1. The van der Waals surface area contributed by atoms with Crippen LogP contribution in [0.1, 0.15) is 28.2 Å². The highest BCUT2D eigenvalue weighted by molar-refractivity contribution is 7.16. The molecule has 3 nitrogen and oxygen atoms in total. The molecule has 0 radical (unpaired) electrons. The fraction of sp³-hybridized carbons (Fsp3) is 0.154. The van der Waals surface area contributed by atoms with Gasteiger partial charge in [-0.2, -0.15) is 0 Å². The maximum atomic E-state index is 12.1. The van der Waals surface area contributed by atoms with Crippen molar-refractivity contribution < 1.29 is 4.79 Å². The Morgan fingerprint density at radius 3 is 2.68 bits per heavy atom. The number of amides is 1. The lowest BCUT2D eigenvalue weighted by atomic mass is 10.1. The molecule has 1 heterocycles. The van der Waals surface area contributed by atoms with Gasteiger partial charge in [-0.3, -0.25) is 4.79 Å². The van der Waals surface area contributed by atoms with Crippen molar-refractivity contribution in [1.82, 2.24) is 5.32 Å². The molecule has 2 rings (SSSR count). The highest BCUT2D eigenvalue weighted by Crippen LogP contribution is 2.27. The predicted octanol–water partition coefficient (Wildman–Crippen LogP) is 4.13. The molecule has 1 unspecified atom stereocenters. The van der Waals surface area contributed by atoms with E-state index < -0.39 is 0 Å². The molecule has 1 aromatic heterocycles. The molecular weight excluding hydrogens is 303 g/mol. The van der Waals surface area contributed by atoms with Gasteiger partial charge in [-0.25, -0.2) is 0 Å². The van der Waals surface area contributed by atoms with Crippen LogP contribution < -0.4 is 11.1 Å². The number of hydrogen-bond donors (Lipinski definition) is 2. The molecule has 0 spiro atoms. The lowest BCUT2D eigenvalue weighted by Crippen LogP contribution is -2.26. The number of nitrogen functional groups attached to an aromatic ring is 1. The molecule has 19 heavy (non-hydrogen) atoms. The summed E-state index contributed by atoms with van der Waals surface area (Å²) in [7, 11) is 0. The van der Waals surface area contributed by atoms with E-state index in [-0.39, 0.29) is 11.9 Å². The Morgan fingerprint density at radius 1 is 1.32 bits per heavy atom. The first-order chi connectivity index (χ1) is 8.97. The summed E-state index contributed by atoms with van der Waals surface area (Å²) in [5.41, 5.74) is 6.53. The molecule has 0 aliphatic carbocycles. The molecule has 0 aliphatic rings. The quantitative estimate of drug-likeness (QED) is 0.837. The number of thiophene rings is 1. The van der Waals surface area contributed by atoms with E-state index in [1.807, 2.05) is 13.0 Å². The number of carbonyl (C=O) groups excluding carboxylic acids is 1. The Hall–Kier alpha value is -1.23. The van der Waals surface area contributed by atoms with Gasteiger partial charge < -0.3 is 11.1 Å². The first-order valence-corrected chi connectivity index (χ1v) is 7.15. The van der Waals surface area contributed by atoms with Crippen molar-refractivity contribution in [3.63, 3.8) is 0 Å². The van der Waals surface area contributed by atoms with Gasteiger partial charge in [-0.1, -0.05) is 23.2 Å². The van der Waals surface area contributed by atoms with Crippen LogP contribution in [0.5, 0.6) is 0 Å². The minimum absolute atomic E-state index is 0.137. The van der Waals surface area contributed by atoms with Gasteiger partial charge in [-0.15, -0.1) is 11.3 Å². The highest BCUT2D eigenvalue weighted by Gasteiger charge is 2.15. The SMILES string of the molecule is CC(NC(=O)c1cc(N)ccc1Cl)c1ccc(Cl)s1. The maximum Gasteiger partial charge on any atom is 0.253 e. The molecule has 0 saturated heterocycles. The molecule has 100 valence electrons. The molecule has 3 N–H and O–H groups in total. The third-order valence-corrected chi connectivity index (χ3v) is 4.35. The van der Waals surface area contributed by atoms with E-state index in [1.54, 1.807) is 24.3 Å². The van der Waals surface area contributed by atoms with Crippen LogP contribution >= 0.6 is 34.5 Å². The first-order valence-electron chi connectivity index (χ1n) is 5.58. The topological polar surface area (TPSA) is 55.1 Å². The zero-order valence-corrected chi connectivity index (χ0v) is 12.4. The normalized spacial score (nSPS) is 12.2. The predicted molar refractivity (Wildman–Crippen MR) is 81.1 cm³/mol. The molecule has 0 aliphatic heterocycles. The lowest BCUT2D eigenvalue weighted by molar-refractivity contribution is 0.0940. The zero-order chi connectivity index (χ0) is 14.0. The van der Waals surface area contributed by atoms with Crippen molar-refractivity contribution in [2.45, 2.75) is 13.0 Å². The second-order valence-corrected chi connectivity index (χ2v) is 6.23. The third kappa shape index (κ3) is 3.41. The summed E-state index contributed by atoms with van der Waals surface area (Å²) >= 11 is 13.3. The number of nitrogens with two attached hydrogens (primary N) is 1. The Morgan fingerprint density at radius 2 is 2.05 bits per heavy atom. The summed E-state index contributed by atoms with van der Waals surface area (Å²) in [4.78, 5) is 13.1. The van der Waals surface area contributed by atoms with Gasteiger partial charge in [-0.05, 0) is 37.3 Å². The molecule has 0 fully saturated rings. The van der Waals surface area contributed by atoms with Crippen LogP contribution in [-0.2, 0) is 0 Å². The first kappa shape index (κ1) is 14.2. The van der Waals surface area contributed by atoms with Crippen LogP contribution in [-0.4, -0.2) is 5.91 Å². The zero-order valence-electron chi connectivity index (χ0n) is 10.1. The second-order valence-electron chi connectivity index (χ2n) is 4.08. The van der Waals surface area contributed by atoms with Crippen molar-refractivity contribution >= 4 is 46.1 Å². The van der Waals surface area contributed by atoms with Crippen LogP contribution in [0.3, 0.4) is 0 Å². The standard InChI is InChI=1S/C13H12Cl2N2OS/c1-7(11-4-5-12(15)19-11)17-13(18)9-6-8(16)2-3-10(9)14/h2-7H,16H2,1H3,(H,17,18). The van der Waals surface area contributed by atoms with E-state index in [1.165, 1.54) is 11.3 Å². The van der Waals surface area contributed by atoms with Crippen molar-refractivity contribution in [2.75, 3.05) is 5.73 Å². The van der Waals surface area contributed by atoms with Crippen molar-refractivity contribution in [2.24, 2.45) is 0 Å². The van der Waals surface area contributed by atoms with Gasteiger partial charge >= 0.3 is 0 Å². The molecule has 0 saturated carbocycles. The Balaban J connectivity index is 2.15. The van der Waals surface area contributed by atoms with Crippen LogP contribution in [0.15, 0.2) is 30.3 Å². The van der Waals surface area contributed by atoms with Crippen LogP contribution in [0, 0.1) is 0 Å². The number of nitrogens with one attached hydrogen (secondary N) is 1. The van der Waals surface area contributed by atoms with Crippen molar-refractivity contribution in [3.05, 3.63) is 50.1 Å². The van der Waals surface area contributed by atoms with Gasteiger partial charge in [0.05, 0.1) is 21.0 Å². The van der Waals surface area contributed by atoms with Gasteiger partial charge in [0, 0.05) is 10.6 Å². The van der Waals surface area contributed by atoms with Crippen LogP contribution in [0.25, 0.3) is 0 Å². The van der Waals surface area contributed by atoms with E-state index in [2.05, 4.69) is 5.32 Å². The fourth-order valence-corrected chi connectivity index (χ4v) is 2.89. The van der Waals surface area contributed by atoms with Crippen molar-refractivity contribution in [1.29, 1.82) is 0 Å². The largest absolute Gasteiger partial charge is 0.399 e. The van der Waals surface area contributed by atoms with Gasteiger partial charge in [0.15, 0.2) is 0 Å². The average molecular weight is 315 g/mol. The second kappa shape index (κ2) is 5.82. The van der Waals surface area contributed by atoms with E-state index in [0.717, 1.165) is 4.88 Å². The fourth-order valence-electron chi connectivity index (χ4n) is 1.62. The number of benzene rings is 1. The number of rotatable bonds is 3. The Labute approximate surface area is 125 Å². The summed E-state index contributed by atoms with van der Waals surface area (Å²) in [6, 6.07) is 8.38. The van der Waals surface area contributed by atoms with E-state index in [9.17, 15) is 4.79 Å². The third-order valence-electron chi connectivity index (χ3n) is 2.60. The molecule has 0 bridgehead atoms. The molecule has 6 heteroatoms. The summed E-state index contributed by atoms with van der Waals surface area (Å²) in [5, 5.41) is 3.24. The summed E-state index contributed by atoms with van der Waals surface area (Å²) in [5.74, 6) is -0.255. The smallest absolute Gasteiger partial charge is 0.253 e. The number of hydrogen-bond acceptors (Lipinski definition) is 3. The van der Waals surface area contributed by atoms with Gasteiger partial charge in [0.25, 0.3) is 5.91 Å². The van der Waals surface area contributed by atoms with E-state index >= 15 is 0 Å². The van der Waals surface area contributed by atoms with Crippen LogP contribution in [0.2, 0.25) is 9.36 Å². The van der Waals surface area contributed by atoms with Crippen molar-refractivity contribution in [3.8, 4) is 0 Å². The summed E-state index contributed by atoms with van der Waals surface area (Å²) in [6.07, 6.45) is 0. The molecule has 2 aromatic rings. The van der Waals surface area contributed by atoms with Gasteiger partial charge in [0.2, 0.25) is 0 Å². The number of halogens is 2. The summed E-state index contributed by atoms with van der Waals surface area (Å²) < 4.78 is 0.693. The molecule has 1 atom stereocenters. The Kier molecular flexibility index (Phi) is 4.34. The number of carbonyl (C=O) groups is 1. The maximum absolute atomic E-state index is 12.1. The highest BCUT2D eigenvalue weighted by atomic mass is 35.5. The summed E-state index contributed by atoms with van der Waals surface area (Å²) in [6.45, 7) is 1.89. The average Bonchev–Trinajstić information content (AvgIpc) is 2.79. The molecular formula is C13H12Cl2N2OS. The van der Waals surface area contributed by atoms with E-state index in [4.69, 9.17) is 28.9 Å². The molecule has 1 aromatic carbocycles.